The molecule has 0 radical (unpaired) electrons. The smallest absolute Gasteiger partial charge is 0.321 e. The predicted molar refractivity (Wildman–Crippen MR) is 133 cm³/mol. The number of carboxylic acid groups (broad SMARTS) is 1. The van der Waals surface area contributed by atoms with Crippen LogP contribution in [-0.2, 0) is 39.4 Å². The van der Waals surface area contributed by atoms with Gasteiger partial charge in [-0.1, -0.05) is 66.2 Å². The number of amides is 1. The Morgan fingerprint density at radius 2 is 1.72 bits per heavy atom. The fourth-order valence-electron chi connectivity index (χ4n) is 3.77. The quantitative estimate of drug-likeness (QED) is 0.369. The van der Waals surface area contributed by atoms with Crippen LogP contribution in [0.4, 0.5) is 0 Å². The third kappa shape index (κ3) is 6.41. The molecule has 0 aromatic heterocycles. The van der Waals surface area contributed by atoms with E-state index in [4.69, 9.17) is 16.3 Å². The van der Waals surface area contributed by atoms with Crippen molar-refractivity contribution in [1.82, 2.24) is 14.3 Å². The van der Waals surface area contributed by atoms with Gasteiger partial charge in [0.05, 0.1) is 0 Å². The van der Waals surface area contributed by atoms with Crippen LogP contribution in [0.15, 0.2) is 78.9 Å². The van der Waals surface area contributed by atoms with Gasteiger partial charge in [0.2, 0.25) is 0 Å². The molecule has 0 aliphatic carbocycles. The summed E-state index contributed by atoms with van der Waals surface area (Å²) >= 11 is 5.99. The first-order chi connectivity index (χ1) is 17.2. The maximum atomic E-state index is 12.5. The molecule has 2 atom stereocenters. The molecule has 3 N–H and O–H groups in total. The predicted octanol–water partition coefficient (Wildman–Crippen LogP) is 2.71. The summed E-state index contributed by atoms with van der Waals surface area (Å²) in [5.74, 6) is -1.46. The normalized spacial score (nSPS) is 17.9. The SMILES string of the molecule is O=C(O)[C@H](Cc1ccc(OCc2ccccc2)cc1)N[C@H]1C(=O)NS(=O)(=O)N1Cc1cccc(Cl)c1. The maximum absolute atomic E-state index is 12.5. The van der Waals surface area contributed by atoms with Gasteiger partial charge in [-0.15, -0.1) is 0 Å². The van der Waals surface area contributed by atoms with Gasteiger partial charge in [-0.3, -0.25) is 14.9 Å². The van der Waals surface area contributed by atoms with Crippen molar-refractivity contribution in [2.45, 2.75) is 31.8 Å². The largest absolute Gasteiger partial charge is 0.489 e. The fourth-order valence-corrected chi connectivity index (χ4v) is 5.22. The number of halogens is 1. The standard InChI is InChI=1S/C25H24ClN3O6S/c26-20-8-4-7-19(13-20)15-29-23(24(30)28-36(29,33)34)27-22(25(31)32)14-17-9-11-21(12-10-17)35-16-18-5-2-1-3-6-18/h1-13,22-23,27H,14-16H2,(H,28,30)(H,31,32)/t22-,23+/m0/s1. The van der Waals surface area contributed by atoms with Gasteiger partial charge in [0.1, 0.15) is 18.4 Å². The Labute approximate surface area is 213 Å². The number of ether oxygens (including phenoxy) is 1. The fraction of sp³-hybridized carbons (Fsp3) is 0.200. The van der Waals surface area contributed by atoms with Crippen LogP contribution in [0.2, 0.25) is 5.02 Å². The molecule has 1 aliphatic heterocycles. The Kier molecular flexibility index (Phi) is 7.90. The van der Waals surface area contributed by atoms with Gasteiger partial charge < -0.3 is 9.84 Å². The van der Waals surface area contributed by atoms with Gasteiger partial charge in [0, 0.05) is 11.6 Å². The number of rotatable bonds is 10. The second kappa shape index (κ2) is 11.1. The van der Waals surface area contributed by atoms with Crippen molar-refractivity contribution in [2.24, 2.45) is 0 Å². The van der Waals surface area contributed by atoms with E-state index >= 15 is 0 Å². The number of hydrogen-bond donors (Lipinski definition) is 3. The van der Waals surface area contributed by atoms with Crippen molar-refractivity contribution in [3.63, 3.8) is 0 Å². The van der Waals surface area contributed by atoms with E-state index < -0.39 is 34.3 Å². The molecule has 0 unspecified atom stereocenters. The van der Waals surface area contributed by atoms with E-state index in [1.807, 2.05) is 35.1 Å². The second-order valence-corrected chi connectivity index (χ2v) is 10.3. The van der Waals surface area contributed by atoms with Crippen LogP contribution < -0.4 is 14.8 Å². The zero-order valence-corrected chi connectivity index (χ0v) is 20.6. The van der Waals surface area contributed by atoms with Crippen molar-refractivity contribution in [3.8, 4) is 5.75 Å². The van der Waals surface area contributed by atoms with Crippen molar-refractivity contribution in [1.29, 1.82) is 0 Å². The molecule has 3 aromatic rings. The highest BCUT2D eigenvalue weighted by atomic mass is 35.5. The number of nitrogens with zero attached hydrogens (tertiary/aromatic N) is 1. The Morgan fingerprint density at radius 1 is 1.03 bits per heavy atom. The van der Waals surface area contributed by atoms with Crippen LogP contribution in [0.3, 0.4) is 0 Å². The molecule has 1 aliphatic rings. The van der Waals surface area contributed by atoms with E-state index in [9.17, 15) is 23.1 Å². The Bertz CT molecular complexity index is 1340. The summed E-state index contributed by atoms with van der Waals surface area (Å²) in [5, 5.41) is 12.9. The molecule has 0 saturated carbocycles. The van der Waals surface area contributed by atoms with E-state index in [0.717, 1.165) is 9.87 Å². The zero-order valence-electron chi connectivity index (χ0n) is 19.0. The Morgan fingerprint density at radius 3 is 2.39 bits per heavy atom. The van der Waals surface area contributed by atoms with E-state index in [0.29, 0.717) is 28.5 Å². The number of benzene rings is 3. The minimum absolute atomic E-state index is 0.0170. The number of carbonyl (C=O) groups is 2. The third-order valence-electron chi connectivity index (χ3n) is 5.57. The van der Waals surface area contributed by atoms with E-state index in [1.165, 1.54) is 0 Å². The first-order valence-electron chi connectivity index (χ1n) is 11.0. The number of hydrogen-bond acceptors (Lipinski definition) is 6. The molecule has 1 fully saturated rings. The van der Waals surface area contributed by atoms with E-state index in [-0.39, 0.29) is 13.0 Å². The topological polar surface area (TPSA) is 125 Å². The summed E-state index contributed by atoms with van der Waals surface area (Å²) in [6, 6.07) is 21.9. The molecule has 3 aromatic carbocycles. The maximum Gasteiger partial charge on any atom is 0.321 e. The van der Waals surface area contributed by atoms with Gasteiger partial charge in [-0.05, 0) is 47.4 Å². The lowest BCUT2D eigenvalue weighted by molar-refractivity contribution is -0.140. The average molecular weight is 530 g/mol. The van der Waals surface area contributed by atoms with Crippen LogP contribution in [0, 0.1) is 0 Å². The molecule has 9 nitrogen and oxygen atoms in total. The van der Waals surface area contributed by atoms with Crippen molar-refractivity contribution in [3.05, 3.63) is 101 Å². The van der Waals surface area contributed by atoms with Gasteiger partial charge in [0.15, 0.2) is 6.17 Å². The summed E-state index contributed by atoms with van der Waals surface area (Å²) in [7, 11) is -4.16. The summed E-state index contributed by atoms with van der Waals surface area (Å²) in [5.41, 5.74) is 2.24. The lowest BCUT2D eigenvalue weighted by atomic mass is 10.1. The Balaban J connectivity index is 1.44. The molecular formula is C25H24ClN3O6S. The first kappa shape index (κ1) is 25.6. The van der Waals surface area contributed by atoms with Gasteiger partial charge in [-0.25, -0.2) is 4.72 Å². The molecule has 0 bridgehead atoms. The molecule has 1 heterocycles. The average Bonchev–Trinajstić information content (AvgIpc) is 3.06. The van der Waals surface area contributed by atoms with Gasteiger partial charge >= 0.3 is 16.2 Å². The van der Waals surface area contributed by atoms with Crippen LogP contribution in [0.5, 0.6) is 5.75 Å². The van der Waals surface area contributed by atoms with E-state index in [2.05, 4.69) is 5.32 Å². The molecule has 188 valence electrons. The summed E-state index contributed by atoms with van der Waals surface area (Å²) < 4.78 is 33.7. The highest BCUT2D eigenvalue weighted by Gasteiger charge is 2.45. The number of aliphatic carboxylic acids is 1. The molecular weight excluding hydrogens is 506 g/mol. The van der Waals surface area contributed by atoms with Crippen molar-refractivity contribution in [2.75, 3.05) is 0 Å². The number of nitrogens with one attached hydrogen (secondary N) is 2. The lowest BCUT2D eigenvalue weighted by Gasteiger charge is -2.24. The van der Waals surface area contributed by atoms with Gasteiger partial charge in [0.25, 0.3) is 5.91 Å². The Hall–Kier alpha value is -3.44. The van der Waals surface area contributed by atoms with E-state index in [1.54, 1.807) is 48.5 Å². The van der Waals surface area contributed by atoms with Crippen LogP contribution >= 0.6 is 11.6 Å². The van der Waals surface area contributed by atoms with Crippen LogP contribution in [0.25, 0.3) is 0 Å². The van der Waals surface area contributed by atoms with Crippen LogP contribution in [0.1, 0.15) is 16.7 Å². The van der Waals surface area contributed by atoms with Crippen molar-refractivity contribution < 1.29 is 27.9 Å². The molecule has 4 rings (SSSR count). The first-order valence-corrected chi connectivity index (χ1v) is 12.9. The summed E-state index contributed by atoms with van der Waals surface area (Å²) in [6.07, 6.45) is -1.38. The van der Waals surface area contributed by atoms with Gasteiger partial charge in [-0.2, -0.15) is 12.7 Å². The molecule has 0 spiro atoms. The minimum Gasteiger partial charge on any atom is -0.489 e. The lowest BCUT2D eigenvalue weighted by Crippen LogP contribution is -2.53. The second-order valence-electron chi connectivity index (χ2n) is 8.23. The molecule has 1 amide bonds. The highest BCUT2D eigenvalue weighted by molar-refractivity contribution is 7.88. The molecule has 11 heteroatoms. The molecule has 36 heavy (non-hydrogen) atoms. The highest BCUT2D eigenvalue weighted by Crippen LogP contribution is 2.21. The van der Waals surface area contributed by atoms with Crippen LogP contribution in [-0.4, -0.2) is 41.9 Å². The number of carboxylic acids is 1. The summed E-state index contributed by atoms with van der Waals surface area (Å²) in [6.45, 7) is 0.228. The molecule has 1 saturated heterocycles. The monoisotopic (exact) mass is 529 g/mol. The van der Waals surface area contributed by atoms with Crippen molar-refractivity contribution >= 4 is 33.7 Å². The minimum atomic E-state index is -4.16. The number of carbonyl (C=O) groups excluding carboxylic acids is 1. The summed E-state index contributed by atoms with van der Waals surface area (Å²) in [4.78, 5) is 24.5. The third-order valence-corrected chi connectivity index (χ3v) is 7.22. The zero-order chi connectivity index (χ0) is 25.7.